The molecule has 1 aromatic carbocycles. The minimum absolute atomic E-state index is 0.231. The first-order valence-electron chi connectivity index (χ1n) is 9.49. The monoisotopic (exact) mass is 425 g/mol. The highest BCUT2D eigenvalue weighted by molar-refractivity contribution is 6.31. The van der Waals surface area contributed by atoms with Gasteiger partial charge in [0.25, 0.3) is 0 Å². The highest BCUT2D eigenvalue weighted by atomic mass is 35.5. The van der Waals surface area contributed by atoms with E-state index in [1.807, 2.05) is 13.8 Å². The van der Waals surface area contributed by atoms with E-state index in [0.717, 1.165) is 24.1 Å². The SMILES string of the molecule is Cc1nn(-c2cc(N=C(N)C(=C(N)c3ccc(F)cc3)C3CC3)ncn2)c(C)c1Cl. The van der Waals surface area contributed by atoms with Crippen molar-refractivity contribution in [3.8, 4) is 5.82 Å². The third kappa shape index (κ3) is 3.91. The average Bonchev–Trinajstić information content (AvgIpc) is 3.52. The minimum atomic E-state index is -0.320. The van der Waals surface area contributed by atoms with Crippen molar-refractivity contribution in [1.29, 1.82) is 0 Å². The smallest absolute Gasteiger partial charge is 0.159 e. The first-order valence-corrected chi connectivity index (χ1v) is 9.87. The molecule has 1 saturated carbocycles. The van der Waals surface area contributed by atoms with Crippen LogP contribution in [0.25, 0.3) is 11.5 Å². The average molecular weight is 426 g/mol. The first kappa shape index (κ1) is 20.0. The molecule has 0 bridgehead atoms. The number of benzene rings is 1. The maximum atomic E-state index is 13.3. The van der Waals surface area contributed by atoms with E-state index in [1.165, 1.54) is 18.5 Å². The third-order valence-corrected chi connectivity index (χ3v) is 5.55. The number of hydrogen-bond donors (Lipinski definition) is 2. The summed E-state index contributed by atoms with van der Waals surface area (Å²) in [6, 6.07) is 7.69. The van der Waals surface area contributed by atoms with E-state index in [2.05, 4.69) is 20.1 Å². The van der Waals surface area contributed by atoms with Gasteiger partial charge in [0.1, 0.15) is 18.0 Å². The van der Waals surface area contributed by atoms with Crippen LogP contribution in [-0.2, 0) is 0 Å². The number of aryl methyl sites for hydroxylation is 1. The number of nitrogens with zero attached hydrogens (tertiary/aromatic N) is 5. The Labute approximate surface area is 178 Å². The summed E-state index contributed by atoms with van der Waals surface area (Å²) in [7, 11) is 0. The summed E-state index contributed by atoms with van der Waals surface area (Å²) in [6.07, 6.45) is 3.36. The molecule has 1 fully saturated rings. The molecule has 4 rings (SSSR count). The summed E-state index contributed by atoms with van der Waals surface area (Å²) in [4.78, 5) is 13.0. The van der Waals surface area contributed by atoms with Crippen molar-refractivity contribution in [3.63, 3.8) is 0 Å². The predicted octanol–water partition coefficient (Wildman–Crippen LogP) is 3.84. The molecule has 0 spiro atoms. The van der Waals surface area contributed by atoms with Gasteiger partial charge in [-0.3, -0.25) is 0 Å². The zero-order chi connectivity index (χ0) is 21.4. The summed E-state index contributed by atoms with van der Waals surface area (Å²) >= 11 is 6.24. The number of nitrogens with two attached hydrogens (primary N) is 2. The molecule has 30 heavy (non-hydrogen) atoms. The lowest BCUT2D eigenvalue weighted by Crippen LogP contribution is -2.20. The van der Waals surface area contributed by atoms with Crippen LogP contribution >= 0.6 is 11.6 Å². The van der Waals surface area contributed by atoms with Crippen LogP contribution in [0.2, 0.25) is 5.02 Å². The topological polar surface area (TPSA) is 108 Å². The Morgan fingerprint density at radius 3 is 2.47 bits per heavy atom. The zero-order valence-corrected chi connectivity index (χ0v) is 17.4. The fourth-order valence-corrected chi connectivity index (χ4v) is 3.39. The van der Waals surface area contributed by atoms with E-state index in [1.54, 1.807) is 22.9 Å². The molecule has 0 radical (unpaired) electrons. The van der Waals surface area contributed by atoms with Crippen LogP contribution in [0.3, 0.4) is 0 Å². The second-order valence-corrected chi connectivity index (χ2v) is 7.61. The molecule has 0 amide bonds. The molecule has 0 unspecified atom stereocenters. The van der Waals surface area contributed by atoms with Gasteiger partial charge in [0.15, 0.2) is 11.6 Å². The Balaban J connectivity index is 1.72. The highest BCUT2D eigenvalue weighted by Gasteiger charge is 2.31. The summed E-state index contributed by atoms with van der Waals surface area (Å²) in [5.74, 6) is 1.11. The number of halogens is 2. The molecule has 2 heterocycles. The molecule has 154 valence electrons. The molecule has 0 atom stereocenters. The summed E-state index contributed by atoms with van der Waals surface area (Å²) < 4.78 is 14.9. The molecule has 0 aliphatic heterocycles. The van der Waals surface area contributed by atoms with Crippen LogP contribution in [-0.4, -0.2) is 25.6 Å². The summed E-state index contributed by atoms with van der Waals surface area (Å²) in [5.41, 5.74) is 16.2. The molecule has 3 aromatic rings. The number of rotatable bonds is 5. The first-order chi connectivity index (χ1) is 14.3. The van der Waals surface area contributed by atoms with E-state index < -0.39 is 0 Å². The van der Waals surface area contributed by atoms with Gasteiger partial charge in [-0.2, -0.15) is 5.10 Å². The molecular formula is C21H21ClFN7. The van der Waals surface area contributed by atoms with Crippen LogP contribution in [0.15, 0.2) is 47.2 Å². The largest absolute Gasteiger partial charge is 0.398 e. The van der Waals surface area contributed by atoms with Crippen molar-refractivity contribution in [2.24, 2.45) is 22.4 Å². The van der Waals surface area contributed by atoms with Gasteiger partial charge in [-0.1, -0.05) is 11.6 Å². The normalized spacial score (nSPS) is 15.3. The van der Waals surface area contributed by atoms with Crippen molar-refractivity contribution in [2.75, 3.05) is 0 Å². The molecular weight excluding hydrogens is 405 g/mol. The van der Waals surface area contributed by atoms with Crippen LogP contribution in [0.5, 0.6) is 0 Å². The zero-order valence-electron chi connectivity index (χ0n) is 16.6. The van der Waals surface area contributed by atoms with Crippen molar-refractivity contribution in [2.45, 2.75) is 26.7 Å². The number of aliphatic imine (C=N–C) groups is 1. The second kappa shape index (κ2) is 7.87. The van der Waals surface area contributed by atoms with Crippen molar-refractivity contribution in [1.82, 2.24) is 19.7 Å². The number of amidine groups is 1. The Morgan fingerprint density at radius 2 is 1.87 bits per heavy atom. The quantitative estimate of drug-likeness (QED) is 0.477. The van der Waals surface area contributed by atoms with Gasteiger partial charge in [-0.25, -0.2) is 24.0 Å². The Hall–Kier alpha value is -3.26. The third-order valence-electron chi connectivity index (χ3n) is 5.00. The lowest BCUT2D eigenvalue weighted by atomic mass is 10.0. The van der Waals surface area contributed by atoms with Crippen LogP contribution in [0, 0.1) is 25.6 Å². The van der Waals surface area contributed by atoms with E-state index in [4.69, 9.17) is 23.1 Å². The lowest BCUT2D eigenvalue weighted by molar-refractivity contribution is 0.627. The van der Waals surface area contributed by atoms with Gasteiger partial charge < -0.3 is 11.5 Å². The van der Waals surface area contributed by atoms with Gasteiger partial charge in [-0.05, 0) is 62.4 Å². The van der Waals surface area contributed by atoms with Gasteiger partial charge in [0.2, 0.25) is 0 Å². The fraction of sp³-hybridized carbons (Fsp3) is 0.238. The number of hydrogen-bond acceptors (Lipinski definition) is 5. The molecule has 4 N–H and O–H groups in total. The van der Waals surface area contributed by atoms with Crippen molar-refractivity contribution < 1.29 is 4.39 Å². The standard InChI is InChI=1S/C21H21ClFN7/c1-11-19(22)12(2)30(29-11)17-9-16(26-10-27-17)28-21(25)18(13-3-4-13)20(24)14-5-7-15(23)8-6-14/h5-10,13H,3-4,24H2,1-2H3,(H2,25,26,27,28). The van der Waals surface area contributed by atoms with Gasteiger partial charge >= 0.3 is 0 Å². The van der Waals surface area contributed by atoms with Gasteiger partial charge in [0, 0.05) is 17.3 Å². The van der Waals surface area contributed by atoms with E-state index in [-0.39, 0.29) is 17.6 Å². The van der Waals surface area contributed by atoms with Crippen LogP contribution < -0.4 is 11.5 Å². The predicted molar refractivity (Wildman–Crippen MR) is 115 cm³/mol. The van der Waals surface area contributed by atoms with Crippen molar-refractivity contribution in [3.05, 3.63) is 70.0 Å². The molecule has 7 nitrogen and oxygen atoms in total. The molecule has 1 aliphatic carbocycles. The van der Waals surface area contributed by atoms with Gasteiger partial charge in [0.05, 0.1) is 16.4 Å². The van der Waals surface area contributed by atoms with Crippen molar-refractivity contribution >= 4 is 29.0 Å². The van der Waals surface area contributed by atoms with E-state index in [9.17, 15) is 4.39 Å². The second-order valence-electron chi connectivity index (χ2n) is 7.24. The fourth-order valence-electron chi connectivity index (χ4n) is 3.27. The maximum absolute atomic E-state index is 13.3. The number of aromatic nitrogens is 4. The molecule has 1 aliphatic rings. The van der Waals surface area contributed by atoms with Gasteiger partial charge in [-0.15, -0.1) is 0 Å². The summed E-state index contributed by atoms with van der Waals surface area (Å²) in [6.45, 7) is 3.69. The Bertz CT molecular complexity index is 1160. The minimum Gasteiger partial charge on any atom is -0.398 e. The summed E-state index contributed by atoms with van der Waals surface area (Å²) in [5, 5.41) is 4.99. The maximum Gasteiger partial charge on any atom is 0.159 e. The lowest BCUT2D eigenvalue weighted by Gasteiger charge is -2.12. The van der Waals surface area contributed by atoms with E-state index in [0.29, 0.717) is 33.6 Å². The van der Waals surface area contributed by atoms with Crippen LogP contribution in [0.4, 0.5) is 10.2 Å². The Morgan fingerprint density at radius 1 is 1.17 bits per heavy atom. The van der Waals surface area contributed by atoms with E-state index >= 15 is 0 Å². The highest BCUT2D eigenvalue weighted by Crippen LogP contribution is 2.39. The Kier molecular flexibility index (Phi) is 5.26. The molecule has 2 aromatic heterocycles. The molecule has 9 heteroatoms. The molecule has 0 saturated heterocycles. The van der Waals surface area contributed by atoms with Crippen LogP contribution in [0.1, 0.15) is 29.8 Å².